The molecule has 416 valence electrons. The maximum Gasteiger partial charge on any atom is 0.407 e. The SMILES string of the molecule is CC(C)[C@H](NC(=O)OCC1c2ccccc2-c2ccccc21)C(=O)N1CCC[C@H]1C(=O)N[C@H](C(=O)N1CCC[C@H]1C(=O)Nc1ccn([C@@H]2O[C@H](CO[Si](C)(C)C(C)(C)C)[C@@H](O[Si](C)(C)C(C)(C)C)[C@@H]2O)c(=O)n1)C(C)C. The summed E-state index contributed by atoms with van der Waals surface area (Å²) in [6.45, 7) is 29.2. The van der Waals surface area contributed by atoms with Gasteiger partial charge in [0.2, 0.25) is 23.6 Å². The quantitative estimate of drug-likeness (QED) is 0.0964. The highest BCUT2D eigenvalue weighted by Gasteiger charge is 2.52. The number of benzene rings is 2. The molecule has 4 N–H and O–H groups in total. The average molecular weight is 1090 g/mol. The summed E-state index contributed by atoms with van der Waals surface area (Å²) in [6.07, 6.45) is -1.40. The van der Waals surface area contributed by atoms with Crippen LogP contribution in [0.3, 0.4) is 0 Å². The van der Waals surface area contributed by atoms with Crippen molar-refractivity contribution < 1.29 is 47.4 Å². The van der Waals surface area contributed by atoms with Gasteiger partial charge >= 0.3 is 11.8 Å². The van der Waals surface area contributed by atoms with Gasteiger partial charge in [0, 0.05) is 25.2 Å². The second-order valence-corrected chi connectivity index (χ2v) is 34.3. The first kappa shape index (κ1) is 58.4. The Morgan fingerprint density at radius 3 is 1.76 bits per heavy atom. The fraction of sp³-hybridized carbons (Fsp3) is 0.625. The molecule has 1 aromatic heterocycles. The predicted molar refractivity (Wildman–Crippen MR) is 295 cm³/mol. The number of hydrogen-bond acceptors (Lipinski definition) is 12. The lowest BCUT2D eigenvalue weighted by molar-refractivity contribution is -0.144. The Hall–Kier alpha value is -5.26. The number of anilines is 1. The number of likely N-dealkylation sites (tertiary alicyclic amines) is 2. The molecule has 5 amide bonds. The van der Waals surface area contributed by atoms with E-state index >= 15 is 0 Å². The van der Waals surface area contributed by atoms with E-state index in [1.807, 2.05) is 50.2 Å². The minimum absolute atomic E-state index is 0.0440. The fourth-order valence-corrected chi connectivity index (χ4v) is 12.5. The van der Waals surface area contributed by atoms with Gasteiger partial charge in [0.1, 0.15) is 54.9 Å². The fourth-order valence-electron chi connectivity index (χ4n) is 10.1. The standard InChI is InChI=1S/C56H83N7O11Si2/c1-33(2)44(59-49(66)41-26-20-29-62(41)51(68)45(34(3)4)60-54(70)71-31-39-37-23-17-15-21-35(37)36-22-16-18-24-38(36)39)50(67)61-28-19-25-40(61)48(65)57-43-27-30-63(53(69)58-43)52-46(64)47(74-76(13,14)56(8,9)10)42(73-52)32-72-75(11,12)55(5,6)7/h15-18,21-24,27,30,33-34,39-42,44-47,52,64H,19-20,25-26,28-29,31-32H2,1-14H3,(H,59,66)(H,60,70)(H,57,58,65,69)/t40-,41-,42+,44-,45-,46-,47+,52+/m0/s1. The maximum atomic E-state index is 14.4. The van der Waals surface area contributed by atoms with Crippen molar-refractivity contribution in [1.29, 1.82) is 0 Å². The molecule has 8 atom stereocenters. The molecule has 3 fully saturated rings. The second-order valence-electron chi connectivity index (χ2n) is 24.8. The number of alkyl carbamates (subject to hydrolysis) is 1. The van der Waals surface area contributed by atoms with E-state index in [1.54, 1.807) is 13.8 Å². The van der Waals surface area contributed by atoms with Crippen molar-refractivity contribution in [3.63, 3.8) is 0 Å². The number of fused-ring (bicyclic) bond motifs is 3. The molecule has 4 heterocycles. The molecule has 7 rings (SSSR count). The van der Waals surface area contributed by atoms with Crippen LogP contribution in [0.25, 0.3) is 11.1 Å². The average Bonchev–Trinajstić information content (AvgIpc) is 4.16. The lowest BCUT2D eigenvalue weighted by Crippen LogP contribution is -2.59. The van der Waals surface area contributed by atoms with Crippen molar-refractivity contribution in [3.05, 3.63) is 82.4 Å². The Balaban J connectivity index is 0.975. The Bertz CT molecular complexity index is 2640. The van der Waals surface area contributed by atoms with Crippen LogP contribution in [0.5, 0.6) is 0 Å². The molecule has 20 heteroatoms. The van der Waals surface area contributed by atoms with Gasteiger partial charge in [-0.05, 0) is 102 Å². The Morgan fingerprint density at radius 2 is 1.25 bits per heavy atom. The highest BCUT2D eigenvalue weighted by Crippen LogP contribution is 2.45. The van der Waals surface area contributed by atoms with E-state index in [4.69, 9.17) is 18.3 Å². The summed E-state index contributed by atoms with van der Waals surface area (Å²) in [7, 11) is -4.68. The van der Waals surface area contributed by atoms with Crippen LogP contribution in [0.15, 0.2) is 65.6 Å². The minimum atomic E-state index is -2.44. The summed E-state index contributed by atoms with van der Waals surface area (Å²) in [5, 5.41) is 20.0. The van der Waals surface area contributed by atoms with E-state index in [1.165, 1.54) is 26.6 Å². The molecule has 18 nitrogen and oxygen atoms in total. The number of aliphatic hydroxyl groups excluding tert-OH is 1. The van der Waals surface area contributed by atoms with Gasteiger partial charge in [0.15, 0.2) is 22.9 Å². The zero-order chi connectivity index (χ0) is 55.8. The predicted octanol–water partition coefficient (Wildman–Crippen LogP) is 7.54. The molecule has 0 spiro atoms. The van der Waals surface area contributed by atoms with Gasteiger partial charge in [-0.3, -0.25) is 23.7 Å². The molecule has 76 heavy (non-hydrogen) atoms. The van der Waals surface area contributed by atoms with Crippen LogP contribution in [0, 0.1) is 11.8 Å². The van der Waals surface area contributed by atoms with E-state index in [2.05, 4.69) is 101 Å². The minimum Gasteiger partial charge on any atom is -0.449 e. The van der Waals surface area contributed by atoms with Crippen molar-refractivity contribution >= 4 is 52.2 Å². The number of ether oxygens (including phenoxy) is 2. The lowest BCUT2D eigenvalue weighted by atomic mass is 9.98. The number of nitrogens with one attached hydrogen (secondary N) is 3. The third-order valence-corrected chi connectivity index (χ3v) is 25.7. The molecule has 4 aliphatic rings. The smallest absolute Gasteiger partial charge is 0.407 e. The molecular weight excluding hydrogens is 1000 g/mol. The van der Waals surface area contributed by atoms with Crippen LogP contribution in [0.1, 0.15) is 118 Å². The molecule has 0 unspecified atom stereocenters. The number of amides is 5. The molecule has 0 bridgehead atoms. The molecule has 2 aromatic carbocycles. The van der Waals surface area contributed by atoms with Crippen molar-refractivity contribution in [2.45, 2.75) is 186 Å². The Kier molecular flexibility index (Phi) is 17.7. The molecule has 3 aromatic rings. The molecule has 3 saturated heterocycles. The van der Waals surface area contributed by atoms with E-state index in [9.17, 15) is 33.9 Å². The summed E-state index contributed by atoms with van der Waals surface area (Å²) < 4.78 is 26.7. The third kappa shape index (κ3) is 12.4. The molecule has 1 aliphatic carbocycles. The number of aliphatic hydroxyl groups is 1. The first-order valence-corrected chi connectivity index (χ1v) is 32.9. The van der Waals surface area contributed by atoms with Gasteiger partial charge in [0.25, 0.3) is 0 Å². The van der Waals surface area contributed by atoms with Gasteiger partial charge in [-0.15, -0.1) is 0 Å². The lowest BCUT2D eigenvalue weighted by Gasteiger charge is -2.41. The molecular formula is C56H83N7O11Si2. The topological polar surface area (TPSA) is 220 Å². The zero-order valence-corrected chi connectivity index (χ0v) is 49.1. The van der Waals surface area contributed by atoms with Crippen LogP contribution in [-0.4, -0.2) is 140 Å². The van der Waals surface area contributed by atoms with Crippen molar-refractivity contribution in [2.24, 2.45) is 11.8 Å². The van der Waals surface area contributed by atoms with E-state index < -0.39 is 107 Å². The largest absolute Gasteiger partial charge is 0.449 e. The first-order valence-electron chi connectivity index (χ1n) is 27.1. The summed E-state index contributed by atoms with van der Waals surface area (Å²) >= 11 is 0. The van der Waals surface area contributed by atoms with Crippen molar-refractivity contribution in [1.82, 2.24) is 30.0 Å². The van der Waals surface area contributed by atoms with Crippen LogP contribution in [0.2, 0.25) is 36.3 Å². The number of hydrogen-bond donors (Lipinski definition) is 4. The number of aromatic nitrogens is 2. The second kappa shape index (κ2) is 23.0. The van der Waals surface area contributed by atoms with E-state index in [0.717, 1.165) is 22.3 Å². The maximum absolute atomic E-state index is 14.4. The monoisotopic (exact) mass is 1090 g/mol. The van der Waals surface area contributed by atoms with Gasteiger partial charge in [0.05, 0.1) is 6.61 Å². The van der Waals surface area contributed by atoms with Gasteiger partial charge in [-0.2, -0.15) is 4.98 Å². The van der Waals surface area contributed by atoms with Crippen LogP contribution in [0.4, 0.5) is 10.6 Å². The Labute approximate surface area is 450 Å². The number of carbonyl (C=O) groups excluding carboxylic acids is 5. The molecule has 0 radical (unpaired) electrons. The van der Waals surface area contributed by atoms with E-state index in [-0.39, 0.29) is 54.0 Å². The number of nitrogens with zero attached hydrogens (tertiary/aromatic N) is 4. The summed E-state index contributed by atoms with van der Waals surface area (Å²) in [5.74, 6) is -2.87. The molecule has 0 saturated carbocycles. The highest BCUT2D eigenvalue weighted by atomic mass is 28.4. The van der Waals surface area contributed by atoms with Crippen LogP contribution >= 0.6 is 0 Å². The zero-order valence-electron chi connectivity index (χ0n) is 47.1. The number of rotatable bonds is 17. The van der Waals surface area contributed by atoms with Crippen molar-refractivity contribution in [2.75, 3.05) is 31.6 Å². The van der Waals surface area contributed by atoms with Gasteiger partial charge < -0.3 is 49.2 Å². The molecule has 3 aliphatic heterocycles. The highest BCUT2D eigenvalue weighted by molar-refractivity contribution is 6.74. The van der Waals surface area contributed by atoms with Crippen LogP contribution in [-0.2, 0) is 37.5 Å². The van der Waals surface area contributed by atoms with Crippen LogP contribution < -0.4 is 21.6 Å². The third-order valence-electron chi connectivity index (χ3n) is 16.8. The van der Waals surface area contributed by atoms with Gasteiger partial charge in [-0.1, -0.05) is 118 Å². The normalized spacial score (nSPS) is 22.9. The summed E-state index contributed by atoms with van der Waals surface area (Å²) in [6, 6.07) is 13.7. The summed E-state index contributed by atoms with van der Waals surface area (Å²) in [4.78, 5) is 91.1. The first-order chi connectivity index (χ1) is 35.5. The Morgan fingerprint density at radius 1 is 0.737 bits per heavy atom. The van der Waals surface area contributed by atoms with Crippen molar-refractivity contribution in [3.8, 4) is 11.1 Å². The van der Waals surface area contributed by atoms with Gasteiger partial charge in [-0.25, -0.2) is 9.59 Å². The summed E-state index contributed by atoms with van der Waals surface area (Å²) in [5.41, 5.74) is 3.55. The number of carbonyl (C=O) groups is 5. The van der Waals surface area contributed by atoms with E-state index in [0.29, 0.717) is 25.7 Å².